The molecular weight excluding hydrogens is 244 g/mol. The average molecular weight is 278 g/mol. The van der Waals surface area contributed by atoms with E-state index in [1.54, 1.807) is 14.0 Å². The summed E-state index contributed by atoms with van der Waals surface area (Å²) in [5, 5.41) is 17.6. The first-order valence-electron chi connectivity index (χ1n) is 7.41. The fourth-order valence-corrected chi connectivity index (χ4v) is 1.50. The molecule has 4 heteroatoms. The molecule has 0 saturated heterocycles. The van der Waals surface area contributed by atoms with Gasteiger partial charge in [-0.3, -0.25) is 0 Å². The zero-order valence-electron chi connectivity index (χ0n) is 13.4. The van der Waals surface area contributed by atoms with Gasteiger partial charge in [0.25, 0.3) is 0 Å². The van der Waals surface area contributed by atoms with Crippen molar-refractivity contribution in [2.24, 2.45) is 5.92 Å². The van der Waals surface area contributed by atoms with Crippen LogP contribution in [0.5, 0.6) is 0 Å². The van der Waals surface area contributed by atoms with E-state index in [0.717, 1.165) is 6.42 Å². The van der Waals surface area contributed by atoms with E-state index >= 15 is 0 Å². The first kappa shape index (κ1) is 21.1. The highest BCUT2D eigenvalue weighted by atomic mass is 16.5. The number of methoxy groups -OCH3 is 1. The first-order valence-corrected chi connectivity index (χ1v) is 7.41. The minimum atomic E-state index is -0.390. The molecule has 0 aliphatic rings. The molecule has 0 saturated carbocycles. The molecule has 118 valence electrons. The molecule has 0 aromatic carbocycles. The summed E-state index contributed by atoms with van der Waals surface area (Å²) in [5.41, 5.74) is 0. The summed E-state index contributed by atoms with van der Waals surface area (Å²) < 4.78 is 10.00. The van der Waals surface area contributed by atoms with Crippen LogP contribution < -0.4 is 0 Å². The van der Waals surface area contributed by atoms with Crippen molar-refractivity contribution < 1.29 is 19.7 Å². The van der Waals surface area contributed by atoms with Crippen LogP contribution >= 0.6 is 0 Å². The van der Waals surface area contributed by atoms with Crippen molar-refractivity contribution in [2.45, 2.75) is 65.6 Å². The summed E-state index contributed by atoms with van der Waals surface area (Å²) in [4.78, 5) is 0. The van der Waals surface area contributed by atoms with Crippen LogP contribution in [0.1, 0.15) is 53.4 Å². The van der Waals surface area contributed by atoms with E-state index < -0.39 is 0 Å². The van der Waals surface area contributed by atoms with Gasteiger partial charge in [-0.15, -0.1) is 0 Å². The van der Waals surface area contributed by atoms with Gasteiger partial charge >= 0.3 is 0 Å². The van der Waals surface area contributed by atoms with Crippen molar-refractivity contribution in [2.75, 3.05) is 26.9 Å². The number of hydrogen-bond acceptors (Lipinski definition) is 4. The summed E-state index contributed by atoms with van der Waals surface area (Å²) in [7, 11) is 1.63. The van der Waals surface area contributed by atoms with Gasteiger partial charge in [-0.25, -0.2) is 0 Å². The first-order chi connectivity index (χ1) is 9.01. The molecule has 0 fully saturated rings. The lowest BCUT2D eigenvalue weighted by Gasteiger charge is -2.12. The largest absolute Gasteiger partial charge is 0.396 e. The quantitative estimate of drug-likeness (QED) is 0.645. The van der Waals surface area contributed by atoms with Crippen LogP contribution in [-0.4, -0.2) is 49.4 Å². The van der Waals surface area contributed by atoms with E-state index in [9.17, 15) is 0 Å². The molecular formula is C15H34O4. The Morgan fingerprint density at radius 1 is 1.11 bits per heavy atom. The van der Waals surface area contributed by atoms with Gasteiger partial charge in [0.1, 0.15) is 0 Å². The van der Waals surface area contributed by atoms with Crippen molar-refractivity contribution in [1.29, 1.82) is 0 Å². The zero-order valence-corrected chi connectivity index (χ0v) is 13.4. The second-order valence-electron chi connectivity index (χ2n) is 5.05. The van der Waals surface area contributed by atoms with Crippen molar-refractivity contribution >= 4 is 0 Å². The number of unbranched alkanes of at least 4 members (excludes halogenated alkanes) is 1. The van der Waals surface area contributed by atoms with Crippen LogP contribution in [0.3, 0.4) is 0 Å². The van der Waals surface area contributed by atoms with E-state index in [-0.39, 0.29) is 12.2 Å². The molecule has 0 aliphatic heterocycles. The van der Waals surface area contributed by atoms with Crippen molar-refractivity contribution in [3.05, 3.63) is 0 Å². The van der Waals surface area contributed by atoms with Crippen LogP contribution in [0.15, 0.2) is 0 Å². The summed E-state index contributed by atoms with van der Waals surface area (Å²) in [6.45, 7) is 9.25. The number of hydrogen-bond donors (Lipinski definition) is 2. The Kier molecular flexibility index (Phi) is 17.7. The lowest BCUT2D eigenvalue weighted by molar-refractivity contribution is -0.0268. The van der Waals surface area contributed by atoms with Crippen molar-refractivity contribution in [1.82, 2.24) is 0 Å². The Bertz CT molecular complexity index is 158. The van der Waals surface area contributed by atoms with Crippen LogP contribution in [0, 0.1) is 5.92 Å². The van der Waals surface area contributed by atoms with Crippen molar-refractivity contribution in [3.8, 4) is 0 Å². The van der Waals surface area contributed by atoms with Gasteiger partial charge in [-0.2, -0.15) is 0 Å². The summed E-state index contributed by atoms with van der Waals surface area (Å²) in [6, 6.07) is 0. The molecule has 3 unspecified atom stereocenters. The summed E-state index contributed by atoms with van der Waals surface area (Å²) in [6.07, 6.45) is 4.51. The fourth-order valence-electron chi connectivity index (χ4n) is 1.50. The number of rotatable bonds is 10. The Hall–Kier alpha value is -0.160. The van der Waals surface area contributed by atoms with Gasteiger partial charge < -0.3 is 19.7 Å². The molecule has 0 aliphatic carbocycles. The molecule has 0 aromatic heterocycles. The monoisotopic (exact) mass is 278 g/mol. The molecule has 19 heavy (non-hydrogen) atoms. The fraction of sp³-hybridized carbons (Fsp3) is 1.00. The summed E-state index contributed by atoms with van der Waals surface area (Å²) in [5.74, 6) is 0.560. The molecule has 3 atom stereocenters. The maximum atomic E-state index is 8.80. The molecule has 0 amide bonds. The normalized spacial score (nSPS) is 15.3. The third kappa shape index (κ3) is 17.8. The van der Waals surface area contributed by atoms with Gasteiger partial charge in [0.05, 0.1) is 25.4 Å². The highest BCUT2D eigenvalue weighted by Gasteiger charge is 2.02. The number of ether oxygens (including phenoxy) is 2. The topological polar surface area (TPSA) is 58.9 Å². The molecule has 0 aromatic rings. The third-order valence-corrected chi connectivity index (χ3v) is 2.82. The van der Waals surface area contributed by atoms with Crippen LogP contribution in [0.4, 0.5) is 0 Å². The third-order valence-electron chi connectivity index (χ3n) is 2.82. The predicted octanol–water partition coefficient (Wildman–Crippen LogP) is 2.61. The van der Waals surface area contributed by atoms with Gasteiger partial charge in [0, 0.05) is 13.7 Å². The molecule has 0 radical (unpaired) electrons. The molecule has 0 bridgehead atoms. The Morgan fingerprint density at radius 3 is 2.11 bits per heavy atom. The second-order valence-corrected chi connectivity index (χ2v) is 5.05. The highest BCUT2D eigenvalue weighted by Crippen LogP contribution is 2.10. The average Bonchev–Trinajstić information content (AvgIpc) is 2.39. The molecule has 4 nitrogen and oxygen atoms in total. The second kappa shape index (κ2) is 15.9. The lowest BCUT2D eigenvalue weighted by atomic mass is 10.0. The summed E-state index contributed by atoms with van der Waals surface area (Å²) >= 11 is 0. The Balaban J connectivity index is 0. The van der Waals surface area contributed by atoms with E-state index in [4.69, 9.17) is 19.7 Å². The SMILES string of the molecule is CCCCC(CC)CO.COCC(C)OCC(C)O. The molecule has 0 rings (SSSR count). The Morgan fingerprint density at radius 2 is 1.74 bits per heavy atom. The standard InChI is InChI=1S/C8H18O.C7H16O3/c1-3-5-6-8(4-2)7-9;1-6(8)4-10-7(2)5-9-3/h8-9H,3-7H2,1-2H3;6-8H,4-5H2,1-3H3. The molecule has 0 heterocycles. The Labute approximate surface area is 119 Å². The smallest absolute Gasteiger partial charge is 0.0781 e. The maximum absolute atomic E-state index is 8.80. The predicted molar refractivity (Wildman–Crippen MR) is 79.4 cm³/mol. The van der Waals surface area contributed by atoms with Crippen LogP contribution in [-0.2, 0) is 9.47 Å². The van der Waals surface area contributed by atoms with E-state index in [1.807, 2.05) is 6.92 Å². The van der Waals surface area contributed by atoms with Gasteiger partial charge in [-0.1, -0.05) is 33.1 Å². The van der Waals surface area contributed by atoms with E-state index in [2.05, 4.69) is 13.8 Å². The lowest BCUT2D eigenvalue weighted by Crippen LogP contribution is -2.20. The van der Waals surface area contributed by atoms with E-state index in [1.165, 1.54) is 19.3 Å². The van der Waals surface area contributed by atoms with Crippen LogP contribution in [0.25, 0.3) is 0 Å². The van der Waals surface area contributed by atoms with E-state index in [0.29, 0.717) is 25.7 Å². The zero-order chi connectivity index (χ0) is 15.1. The molecule has 2 N–H and O–H groups in total. The van der Waals surface area contributed by atoms with Gasteiger partial charge in [0.2, 0.25) is 0 Å². The van der Waals surface area contributed by atoms with Crippen LogP contribution in [0.2, 0.25) is 0 Å². The van der Waals surface area contributed by atoms with Gasteiger partial charge in [-0.05, 0) is 26.2 Å². The highest BCUT2D eigenvalue weighted by molar-refractivity contribution is 4.53. The van der Waals surface area contributed by atoms with Gasteiger partial charge in [0.15, 0.2) is 0 Å². The number of aliphatic hydroxyl groups excluding tert-OH is 2. The minimum absolute atomic E-state index is 0.0691. The maximum Gasteiger partial charge on any atom is 0.0781 e. The van der Waals surface area contributed by atoms with Crippen molar-refractivity contribution in [3.63, 3.8) is 0 Å². The molecule has 0 spiro atoms. The minimum Gasteiger partial charge on any atom is -0.396 e. The number of aliphatic hydroxyl groups is 2.